The van der Waals surface area contributed by atoms with Crippen molar-refractivity contribution in [3.63, 3.8) is 0 Å². The fraction of sp³-hybridized carbons (Fsp3) is 0.611. The number of halogens is 1. The Morgan fingerprint density at radius 3 is 2.74 bits per heavy atom. The lowest BCUT2D eigenvalue weighted by atomic mass is 10.2. The second-order valence-electron chi connectivity index (χ2n) is 6.44. The zero-order chi connectivity index (χ0) is 18.8. The third kappa shape index (κ3) is 10.00. The van der Waals surface area contributed by atoms with Gasteiger partial charge in [0.25, 0.3) is 0 Å². The molecular formula is C18H30IN3O3S2. The number of hydrogen-bond acceptors (Lipinski definition) is 5. The van der Waals surface area contributed by atoms with Gasteiger partial charge in [0.1, 0.15) is 9.84 Å². The molecule has 1 saturated heterocycles. The van der Waals surface area contributed by atoms with Crippen molar-refractivity contribution in [2.75, 3.05) is 57.7 Å². The molecule has 1 aliphatic heterocycles. The van der Waals surface area contributed by atoms with E-state index in [9.17, 15) is 8.42 Å². The predicted molar refractivity (Wildman–Crippen MR) is 124 cm³/mol. The lowest BCUT2D eigenvalue weighted by molar-refractivity contribution is 0.153. The summed E-state index contributed by atoms with van der Waals surface area (Å²) in [6, 6.07) is 10.5. The molecule has 1 atom stereocenters. The molecule has 0 bridgehead atoms. The van der Waals surface area contributed by atoms with E-state index in [4.69, 9.17) is 4.74 Å². The maximum Gasteiger partial charge on any atom is 0.193 e. The highest BCUT2D eigenvalue weighted by atomic mass is 127. The highest BCUT2D eigenvalue weighted by Gasteiger charge is 2.24. The Morgan fingerprint density at radius 2 is 2.07 bits per heavy atom. The second kappa shape index (κ2) is 12.8. The van der Waals surface area contributed by atoms with Gasteiger partial charge in [0.05, 0.1) is 19.0 Å². The molecule has 1 unspecified atom stereocenters. The van der Waals surface area contributed by atoms with E-state index in [0.717, 1.165) is 24.8 Å². The standard InChI is InChI=1S/C18H29N3O3S2.HI/c1-19-18(20-9-11-24-12-13-26(2,22)23)21-10-8-16(14-21)15-25-17-6-4-3-5-7-17;/h3-7,16H,8-15H2,1-2H3,(H,19,20);1H. The van der Waals surface area contributed by atoms with Gasteiger partial charge < -0.3 is 15.0 Å². The zero-order valence-corrected chi connectivity index (χ0v) is 19.9. The highest BCUT2D eigenvalue weighted by Crippen LogP contribution is 2.25. The van der Waals surface area contributed by atoms with Gasteiger partial charge in [-0.05, 0) is 24.5 Å². The van der Waals surface area contributed by atoms with Gasteiger partial charge in [0, 0.05) is 43.6 Å². The molecule has 1 aliphatic rings. The minimum absolute atomic E-state index is 0. The van der Waals surface area contributed by atoms with Crippen molar-refractivity contribution in [3.05, 3.63) is 30.3 Å². The molecule has 0 amide bonds. The second-order valence-corrected chi connectivity index (χ2v) is 9.79. The topological polar surface area (TPSA) is 71.0 Å². The number of thioether (sulfide) groups is 1. The van der Waals surface area contributed by atoms with Crippen LogP contribution in [0.25, 0.3) is 0 Å². The van der Waals surface area contributed by atoms with Crippen LogP contribution in [-0.2, 0) is 14.6 Å². The van der Waals surface area contributed by atoms with Crippen LogP contribution in [0.4, 0.5) is 0 Å². The Hall–Kier alpha value is -0.520. The van der Waals surface area contributed by atoms with Crippen molar-refractivity contribution in [1.82, 2.24) is 10.2 Å². The third-order valence-electron chi connectivity index (χ3n) is 4.15. The monoisotopic (exact) mass is 527 g/mol. The van der Waals surface area contributed by atoms with Crippen LogP contribution in [0.3, 0.4) is 0 Å². The van der Waals surface area contributed by atoms with Crippen molar-refractivity contribution in [3.8, 4) is 0 Å². The quantitative estimate of drug-likeness (QED) is 0.175. The van der Waals surface area contributed by atoms with Gasteiger partial charge in [-0.3, -0.25) is 4.99 Å². The molecule has 0 aliphatic carbocycles. The van der Waals surface area contributed by atoms with E-state index in [-0.39, 0.29) is 36.3 Å². The predicted octanol–water partition coefficient (Wildman–Crippen LogP) is 2.36. The number of guanidine groups is 1. The van der Waals surface area contributed by atoms with Gasteiger partial charge in [0.2, 0.25) is 0 Å². The first-order chi connectivity index (χ1) is 12.5. The molecular weight excluding hydrogens is 497 g/mol. The molecule has 0 radical (unpaired) electrons. The van der Waals surface area contributed by atoms with E-state index in [1.165, 1.54) is 17.6 Å². The van der Waals surface area contributed by atoms with Crippen LogP contribution in [0.1, 0.15) is 6.42 Å². The van der Waals surface area contributed by atoms with Crippen LogP contribution < -0.4 is 5.32 Å². The van der Waals surface area contributed by atoms with Gasteiger partial charge in [0.15, 0.2) is 5.96 Å². The third-order valence-corrected chi connectivity index (χ3v) is 6.31. The normalized spacial score (nSPS) is 17.6. The van der Waals surface area contributed by atoms with Crippen molar-refractivity contribution in [2.24, 2.45) is 10.9 Å². The average molecular weight is 527 g/mol. The first-order valence-electron chi connectivity index (χ1n) is 8.87. The largest absolute Gasteiger partial charge is 0.379 e. The van der Waals surface area contributed by atoms with Crippen LogP contribution >= 0.6 is 35.7 Å². The minimum Gasteiger partial charge on any atom is -0.379 e. The summed E-state index contributed by atoms with van der Waals surface area (Å²) in [4.78, 5) is 7.96. The Morgan fingerprint density at radius 1 is 1.33 bits per heavy atom. The lowest BCUT2D eigenvalue weighted by Gasteiger charge is -2.21. The number of benzene rings is 1. The average Bonchev–Trinajstić information content (AvgIpc) is 3.08. The van der Waals surface area contributed by atoms with Gasteiger partial charge >= 0.3 is 0 Å². The molecule has 6 nitrogen and oxygen atoms in total. The minimum atomic E-state index is -2.96. The van der Waals surface area contributed by atoms with E-state index in [1.54, 1.807) is 7.05 Å². The first kappa shape index (κ1) is 24.5. The number of aliphatic imine (C=N–C) groups is 1. The summed E-state index contributed by atoms with van der Waals surface area (Å²) in [5.74, 6) is 2.73. The molecule has 27 heavy (non-hydrogen) atoms. The molecule has 1 aromatic rings. The molecule has 0 aromatic heterocycles. The Balaban J connectivity index is 0.00000364. The number of rotatable bonds is 9. The number of sulfone groups is 1. The smallest absolute Gasteiger partial charge is 0.193 e. The number of ether oxygens (including phenoxy) is 1. The maximum absolute atomic E-state index is 11.0. The van der Waals surface area contributed by atoms with Gasteiger partial charge in [-0.2, -0.15) is 0 Å². The lowest BCUT2D eigenvalue weighted by Crippen LogP contribution is -2.41. The molecule has 0 saturated carbocycles. The van der Waals surface area contributed by atoms with Crippen LogP contribution in [0.5, 0.6) is 0 Å². The molecule has 9 heteroatoms. The molecule has 1 fully saturated rings. The van der Waals surface area contributed by atoms with E-state index >= 15 is 0 Å². The summed E-state index contributed by atoms with van der Waals surface area (Å²) >= 11 is 1.91. The Kier molecular flexibility index (Phi) is 11.7. The molecule has 0 spiro atoms. The molecule has 1 heterocycles. The van der Waals surface area contributed by atoms with E-state index < -0.39 is 9.84 Å². The van der Waals surface area contributed by atoms with E-state index in [1.807, 2.05) is 17.8 Å². The summed E-state index contributed by atoms with van der Waals surface area (Å²) < 4.78 is 27.4. The molecule has 1 aromatic carbocycles. The van der Waals surface area contributed by atoms with E-state index in [2.05, 4.69) is 39.5 Å². The van der Waals surface area contributed by atoms with Crippen LogP contribution in [-0.4, -0.2) is 76.9 Å². The fourth-order valence-corrected chi connectivity index (χ4v) is 4.24. The zero-order valence-electron chi connectivity index (χ0n) is 16.0. The first-order valence-corrected chi connectivity index (χ1v) is 11.9. The molecule has 2 rings (SSSR count). The van der Waals surface area contributed by atoms with Crippen molar-refractivity contribution in [1.29, 1.82) is 0 Å². The Bertz CT molecular complexity index is 672. The summed E-state index contributed by atoms with van der Waals surface area (Å²) in [5.41, 5.74) is 0. The summed E-state index contributed by atoms with van der Waals surface area (Å²) in [6.45, 7) is 3.34. The molecule has 154 valence electrons. The number of hydrogen-bond donors (Lipinski definition) is 1. The van der Waals surface area contributed by atoms with Crippen molar-refractivity contribution >= 4 is 51.5 Å². The fourth-order valence-electron chi connectivity index (χ4n) is 2.77. The van der Waals surface area contributed by atoms with Crippen LogP contribution in [0.2, 0.25) is 0 Å². The number of likely N-dealkylation sites (tertiary alicyclic amines) is 1. The summed E-state index contributed by atoms with van der Waals surface area (Å²) in [7, 11) is -1.17. The van der Waals surface area contributed by atoms with Gasteiger partial charge in [-0.1, -0.05) is 18.2 Å². The molecule has 1 N–H and O–H groups in total. The van der Waals surface area contributed by atoms with Gasteiger partial charge in [-0.25, -0.2) is 8.42 Å². The summed E-state index contributed by atoms with van der Waals surface area (Å²) in [5, 5.41) is 3.30. The number of nitrogens with one attached hydrogen (secondary N) is 1. The maximum atomic E-state index is 11.0. The highest BCUT2D eigenvalue weighted by molar-refractivity contribution is 14.0. The number of nitrogens with zero attached hydrogens (tertiary/aromatic N) is 2. The van der Waals surface area contributed by atoms with Gasteiger partial charge in [-0.15, -0.1) is 35.7 Å². The van der Waals surface area contributed by atoms with Crippen LogP contribution in [0.15, 0.2) is 40.2 Å². The van der Waals surface area contributed by atoms with E-state index in [0.29, 0.717) is 19.1 Å². The van der Waals surface area contributed by atoms with Crippen molar-refractivity contribution < 1.29 is 13.2 Å². The Labute approximate surface area is 184 Å². The van der Waals surface area contributed by atoms with Crippen LogP contribution in [0, 0.1) is 5.92 Å². The summed E-state index contributed by atoms with van der Waals surface area (Å²) in [6.07, 6.45) is 2.39. The SMILES string of the molecule is CN=C(NCCOCCS(C)(=O)=O)N1CCC(CSc2ccccc2)C1.I. The van der Waals surface area contributed by atoms with Crippen molar-refractivity contribution in [2.45, 2.75) is 11.3 Å².